The summed E-state index contributed by atoms with van der Waals surface area (Å²) in [5.74, 6) is 0. The van der Waals surface area contributed by atoms with Gasteiger partial charge in [-0.3, -0.25) is 0 Å². The first-order chi connectivity index (χ1) is 2.00. The van der Waals surface area contributed by atoms with E-state index in [0.717, 1.165) is 0 Å². The van der Waals surface area contributed by atoms with Gasteiger partial charge in [0.05, 0.1) is 0 Å². The van der Waals surface area contributed by atoms with Crippen molar-refractivity contribution in [3.8, 4) is 0 Å². The Labute approximate surface area is 70.1 Å². The molecule has 0 bridgehead atoms. The van der Waals surface area contributed by atoms with E-state index in [1.54, 1.807) is 0 Å². The van der Waals surface area contributed by atoms with Gasteiger partial charge in [0.25, 0.3) is 0 Å². The molecule has 42 valence electrons. The van der Waals surface area contributed by atoms with Gasteiger partial charge < -0.3 is 0 Å². The molecule has 0 saturated carbocycles. The molecule has 0 heterocycles. The van der Waals surface area contributed by atoms with Crippen molar-refractivity contribution in [2.75, 3.05) is 0 Å². The monoisotopic (exact) mass is 180 g/mol. The Morgan fingerprint density at radius 3 is 1.14 bits per heavy atom. The van der Waals surface area contributed by atoms with Gasteiger partial charge in [-0.2, -0.15) is 0 Å². The van der Waals surface area contributed by atoms with Crippen molar-refractivity contribution in [3.63, 3.8) is 0 Å². The fraction of sp³-hybridized carbons (Fsp3) is 0. The molecule has 0 saturated heterocycles. The molecular weight excluding hydrogens is 177 g/mol. The van der Waals surface area contributed by atoms with Crippen LogP contribution < -0.4 is 0 Å². The van der Waals surface area contributed by atoms with E-state index in [-0.39, 0.29) is 42.0 Å². The zero-order chi connectivity index (χ0) is 4.50. The van der Waals surface area contributed by atoms with Crippen molar-refractivity contribution in [1.29, 1.82) is 0 Å². The third-order valence-corrected chi connectivity index (χ3v) is 0. The van der Waals surface area contributed by atoms with Crippen LogP contribution in [0.15, 0.2) is 0 Å². The van der Waals surface area contributed by atoms with Gasteiger partial charge in [0.2, 0.25) is 0 Å². The molecule has 0 spiro atoms. The second-order valence-corrected chi connectivity index (χ2v) is 1.63. The van der Waals surface area contributed by atoms with Gasteiger partial charge in [0, 0.05) is 0 Å². The molecule has 0 aromatic heterocycles. The Balaban J connectivity index is -0.0000000800. The maximum atomic E-state index is 8.69. The summed E-state index contributed by atoms with van der Waals surface area (Å²) >= 11 is -5.38. The van der Waals surface area contributed by atoms with E-state index in [1.165, 1.54) is 0 Å². The van der Waals surface area contributed by atoms with E-state index in [9.17, 15) is 0 Å². The van der Waals surface area contributed by atoms with Crippen LogP contribution in [-0.4, -0.2) is 33.7 Å². The molecule has 0 radical (unpaired) electrons. The Bertz CT molecular complexity index is 133. The molecule has 0 aromatic rings. The molecule has 4 nitrogen and oxygen atoms in total. The second-order valence-electron chi connectivity index (χ2n) is 0.396. The van der Waals surface area contributed by atoms with Crippen molar-refractivity contribution in [1.82, 2.24) is 0 Å². The summed E-state index contributed by atoms with van der Waals surface area (Å²) in [6, 6.07) is 0. The van der Waals surface area contributed by atoms with Crippen LogP contribution in [0.25, 0.3) is 0 Å². The third kappa shape index (κ3) is 140. The molecule has 0 aliphatic heterocycles. The van der Waals surface area contributed by atoms with Crippen LogP contribution in [0.5, 0.6) is 0 Å². The normalized spacial score (nSPS) is 8.14. The molecule has 0 atom stereocenters. The molecule has 0 amide bonds. The first-order valence-corrected chi connectivity index (χ1v) is 2.61. The number of hydrogen-bond acceptors (Lipinski definition) is 3. The van der Waals surface area contributed by atoms with Gasteiger partial charge in [-0.05, 0) is 0 Å². The van der Waals surface area contributed by atoms with E-state index in [0.29, 0.717) is 0 Å². The zero-order valence-corrected chi connectivity index (χ0v) is 4.46. The molecule has 0 unspecified atom stereocenters. The SMILES string of the molecule is Cl.[NaH].[O]=[Mn](=[O])(=[O])[OH]. The molecule has 7 heavy (non-hydrogen) atoms. The number of rotatable bonds is 0. The van der Waals surface area contributed by atoms with Crippen molar-refractivity contribution >= 4 is 42.0 Å². The average Bonchev–Trinajstić information content (AvgIpc) is 0.722. The van der Waals surface area contributed by atoms with E-state index >= 15 is 0 Å². The Morgan fingerprint density at radius 2 is 1.14 bits per heavy atom. The Kier molecular flexibility index (Phi) is 11.9. The van der Waals surface area contributed by atoms with Gasteiger partial charge in [-0.15, -0.1) is 12.4 Å². The summed E-state index contributed by atoms with van der Waals surface area (Å²) in [4.78, 5) is 0. The van der Waals surface area contributed by atoms with Gasteiger partial charge in [-0.1, -0.05) is 0 Å². The first kappa shape index (κ1) is 15.7. The fourth-order valence-corrected chi connectivity index (χ4v) is 0. The van der Waals surface area contributed by atoms with E-state index in [4.69, 9.17) is 15.7 Å². The summed E-state index contributed by atoms with van der Waals surface area (Å²) in [6.45, 7) is 0. The van der Waals surface area contributed by atoms with Crippen LogP contribution in [0.3, 0.4) is 0 Å². The van der Waals surface area contributed by atoms with Gasteiger partial charge in [-0.25, -0.2) is 0 Å². The molecule has 0 rings (SSSR count). The van der Waals surface area contributed by atoms with Gasteiger partial charge in [0.1, 0.15) is 0 Å². The zero-order valence-electron chi connectivity index (χ0n) is 2.46. The Hall–Kier alpha value is 1.17. The van der Waals surface area contributed by atoms with E-state index < -0.39 is 13.0 Å². The predicted octanol–water partition coefficient (Wildman–Crippen LogP) is -1.14. The van der Waals surface area contributed by atoms with Crippen LogP contribution in [0.2, 0.25) is 0 Å². The maximum absolute atomic E-state index is 8.69. The van der Waals surface area contributed by atoms with Crippen molar-refractivity contribution in [3.05, 3.63) is 0 Å². The fourth-order valence-electron chi connectivity index (χ4n) is 0. The molecule has 0 fully saturated rings. The molecule has 0 aliphatic rings. The summed E-state index contributed by atoms with van der Waals surface area (Å²) < 4.78 is 33.1. The van der Waals surface area contributed by atoms with Crippen molar-refractivity contribution in [2.45, 2.75) is 0 Å². The van der Waals surface area contributed by atoms with Gasteiger partial charge >= 0.3 is 58.2 Å². The summed E-state index contributed by atoms with van der Waals surface area (Å²) in [6.07, 6.45) is 0. The van der Waals surface area contributed by atoms with Crippen LogP contribution >= 0.6 is 12.4 Å². The number of halogens is 1. The average molecular weight is 180 g/mol. The minimum absolute atomic E-state index is 0. The minimum atomic E-state index is -5.38. The van der Waals surface area contributed by atoms with E-state index in [2.05, 4.69) is 0 Å². The molecule has 1 N–H and O–H groups in total. The van der Waals surface area contributed by atoms with Crippen LogP contribution in [0, 0.1) is 0 Å². The third-order valence-electron chi connectivity index (χ3n) is 0. The van der Waals surface area contributed by atoms with Crippen molar-refractivity contribution < 1.29 is 28.7 Å². The van der Waals surface area contributed by atoms with E-state index in [1.807, 2.05) is 0 Å². The standard InChI is InChI=1S/ClH.Mn.Na.H2O.3O.H/h1H;;;1H2;;;;/q;+1;;;;;;/p-1. The quantitative estimate of drug-likeness (QED) is 0.478. The molecule has 0 aliphatic carbocycles. The summed E-state index contributed by atoms with van der Waals surface area (Å²) in [5, 5.41) is 0. The first-order valence-electron chi connectivity index (χ1n) is 0.632. The predicted molar refractivity (Wildman–Crippen MR) is 18.7 cm³/mol. The number of hydrogen-bond donors (Lipinski definition) is 1. The van der Waals surface area contributed by atoms with Crippen LogP contribution in [0.4, 0.5) is 0 Å². The van der Waals surface area contributed by atoms with Crippen LogP contribution in [-0.2, 0) is 24.5 Å². The molecule has 0 aromatic carbocycles. The summed E-state index contributed by atoms with van der Waals surface area (Å²) in [7, 11) is 0. The van der Waals surface area contributed by atoms with Gasteiger partial charge in [0.15, 0.2) is 0 Å². The van der Waals surface area contributed by atoms with Crippen molar-refractivity contribution in [2.24, 2.45) is 0 Å². The van der Waals surface area contributed by atoms with Crippen LogP contribution in [0.1, 0.15) is 0 Å². The Morgan fingerprint density at radius 1 is 1.14 bits per heavy atom. The molecular formula is H3ClMnNaO4. The topological polar surface area (TPSA) is 71.4 Å². The summed E-state index contributed by atoms with van der Waals surface area (Å²) in [5.41, 5.74) is 0. The molecule has 7 heteroatoms. The second kappa shape index (κ2) is 5.31.